The van der Waals surface area contributed by atoms with Gasteiger partial charge in [0.15, 0.2) is 0 Å². The molecule has 1 atom stereocenters. The van der Waals surface area contributed by atoms with Gasteiger partial charge >= 0.3 is 0 Å². The maximum Gasteiger partial charge on any atom is -0.0141 e. The van der Waals surface area contributed by atoms with Crippen LogP contribution in [-0.4, -0.2) is 0 Å². The Kier molecular flexibility index (Phi) is 7.77. The molecule has 0 radical (unpaired) electrons. The Balaban J connectivity index is 4.06. The highest BCUT2D eigenvalue weighted by Gasteiger charge is 1.99. The van der Waals surface area contributed by atoms with Gasteiger partial charge in [-0.1, -0.05) is 51.3 Å². The summed E-state index contributed by atoms with van der Waals surface area (Å²) in [4.78, 5) is 0. The molecular weight excluding hydrogens is 156 g/mol. The Morgan fingerprint density at radius 1 is 1.31 bits per heavy atom. The van der Waals surface area contributed by atoms with Gasteiger partial charge in [-0.25, -0.2) is 0 Å². The van der Waals surface area contributed by atoms with Crippen LogP contribution in [-0.2, 0) is 0 Å². The Hall–Kier alpha value is -0.520. The van der Waals surface area contributed by atoms with Gasteiger partial charge in [0.05, 0.1) is 0 Å². The molecule has 0 aromatic heterocycles. The molecular formula is C13H24. The summed E-state index contributed by atoms with van der Waals surface area (Å²) in [7, 11) is 0. The summed E-state index contributed by atoms with van der Waals surface area (Å²) in [6.07, 6.45) is 10.6. The van der Waals surface area contributed by atoms with Crippen LogP contribution in [0.2, 0.25) is 0 Å². The molecule has 0 nitrogen and oxygen atoms in total. The summed E-state index contributed by atoms with van der Waals surface area (Å²) < 4.78 is 0. The first-order valence-corrected chi connectivity index (χ1v) is 5.55. The summed E-state index contributed by atoms with van der Waals surface area (Å²) in [5.74, 6) is 0.742. The van der Waals surface area contributed by atoms with Gasteiger partial charge in [0, 0.05) is 0 Å². The highest BCUT2D eigenvalue weighted by atomic mass is 14.0. The molecule has 0 bridgehead atoms. The number of hydrogen-bond acceptors (Lipinski definition) is 0. The van der Waals surface area contributed by atoms with Gasteiger partial charge in [-0.15, -0.1) is 6.58 Å². The van der Waals surface area contributed by atoms with Crippen molar-refractivity contribution in [3.63, 3.8) is 0 Å². The minimum absolute atomic E-state index is 0.742. The minimum Gasteiger partial charge on any atom is -0.103 e. The van der Waals surface area contributed by atoms with Crippen molar-refractivity contribution in [3.8, 4) is 0 Å². The molecule has 0 heterocycles. The second kappa shape index (κ2) is 8.10. The molecule has 1 unspecified atom stereocenters. The monoisotopic (exact) mass is 180 g/mol. The molecule has 0 aliphatic rings. The molecule has 0 aliphatic carbocycles. The van der Waals surface area contributed by atoms with Crippen LogP contribution >= 0.6 is 0 Å². The summed E-state index contributed by atoms with van der Waals surface area (Å²) in [6, 6.07) is 0. The maximum atomic E-state index is 3.80. The molecule has 0 fully saturated rings. The van der Waals surface area contributed by atoms with Crippen molar-refractivity contribution in [1.29, 1.82) is 0 Å². The van der Waals surface area contributed by atoms with E-state index in [2.05, 4.69) is 33.4 Å². The number of allylic oxidation sites excluding steroid dienone is 3. The predicted octanol–water partition coefficient (Wildman–Crippen LogP) is 4.73. The second-order valence-corrected chi connectivity index (χ2v) is 3.83. The van der Waals surface area contributed by atoms with E-state index in [4.69, 9.17) is 0 Å². The van der Waals surface area contributed by atoms with E-state index in [0.717, 1.165) is 12.3 Å². The maximum absolute atomic E-state index is 3.80. The van der Waals surface area contributed by atoms with E-state index >= 15 is 0 Å². The van der Waals surface area contributed by atoms with Crippen LogP contribution in [0.25, 0.3) is 0 Å². The van der Waals surface area contributed by atoms with Crippen molar-refractivity contribution < 1.29 is 0 Å². The van der Waals surface area contributed by atoms with Gasteiger partial charge in [0.2, 0.25) is 0 Å². The van der Waals surface area contributed by atoms with E-state index < -0.39 is 0 Å². The first-order chi connectivity index (χ1) is 6.24. The molecule has 0 amide bonds. The molecule has 0 saturated heterocycles. The SMILES string of the molecule is C=CC/C(=C\C(C)CCC)CCC. The zero-order valence-electron chi connectivity index (χ0n) is 9.47. The van der Waals surface area contributed by atoms with Crippen molar-refractivity contribution in [2.24, 2.45) is 5.92 Å². The Morgan fingerprint density at radius 3 is 2.46 bits per heavy atom. The summed E-state index contributed by atoms with van der Waals surface area (Å²) in [6.45, 7) is 10.6. The van der Waals surface area contributed by atoms with E-state index in [1.54, 1.807) is 5.57 Å². The fourth-order valence-corrected chi connectivity index (χ4v) is 1.70. The van der Waals surface area contributed by atoms with Crippen molar-refractivity contribution in [1.82, 2.24) is 0 Å². The number of hydrogen-bond donors (Lipinski definition) is 0. The van der Waals surface area contributed by atoms with Crippen molar-refractivity contribution in [3.05, 3.63) is 24.3 Å². The van der Waals surface area contributed by atoms with Gasteiger partial charge in [-0.05, 0) is 25.2 Å². The standard InChI is InChI=1S/C13H24/c1-5-8-12(4)11-13(9-6-2)10-7-3/h6,11-12H,2,5,7-10H2,1,3-4H3/b13-11+. The molecule has 0 N–H and O–H groups in total. The van der Waals surface area contributed by atoms with Crippen LogP contribution in [0.3, 0.4) is 0 Å². The zero-order chi connectivity index (χ0) is 10.1. The van der Waals surface area contributed by atoms with Crippen LogP contribution in [0, 0.1) is 5.92 Å². The minimum atomic E-state index is 0.742. The van der Waals surface area contributed by atoms with Crippen molar-refractivity contribution >= 4 is 0 Å². The lowest BCUT2D eigenvalue weighted by molar-refractivity contribution is 0.625. The van der Waals surface area contributed by atoms with Gasteiger partial charge in [0.25, 0.3) is 0 Å². The highest BCUT2D eigenvalue weighted by Crippen LogP contribution is 2.16. The first-order valence-electron chi connectivity index (χ1n) is 5.55. The average molecular weight is 180 g/mol. The fourth-order valence-electron chi connectivity index (χ4n) is 1.70. The molecule has 13 heavy (non-hydrogen) atoms. The average Bonchev–Trinajstić information content (AvgIpc) is 2.05. The predicted molar refractivity (Wildman–Crippen MR) is 61.9 cm³/mol. The molecule has 0 rings (SSSR count). The molecule has 0 heteroatoms. The summed E-state index contributed by atoms with van der Waals surface area (Å²) in [5, 5.41) is 0. The van der Waals surface area contributed by atoms with Crippen molar-refractivity contribution in [2.45, 2.75) is 52.9 Å². The van der Waals surface area contributed by atoms with Gasteiger partial charge in [-0.3, -0.25) is 0 Å². The summed E-state index contributed by atoms with van der Waals surface area (Å²) in [5.41, 5.74) is 1.57. The molecule has 0 saturated carbocycles. The van der Waals surface area contributed by atoms with Crippen LogP contribution in [0.15, 0.2) is 24.3 Å². The lowest BCUT2D eigenvalue weighted by Gasteiger charge is -2.08. The van der Waals surface area contributed by atoms with E-state index in [0.29, 0.717) is 0 Å². The molecule has 76 valence electrons. The van der Waals surface area contributed by atoms with Crippen LogP contribution in [0.5, 0.6) is 0 Å². The Labute approximate surface area is 83.7 Å². The Morgan fingerprint density at radius 2 is 2.00 bits per heavy atom. The highest BCUT2D eigenvalue weighted by molar-refractivity contribution is 5.07. The quantitative estimate of drug-likeness (QED) is 0.497. The fraction of sp³-hybridized carbons (Fsp3) is 0.692. The molecule has 0 aromatic carbocycles. The van der Waals surface area contributed by atoms with Gasteiger partial charge in [-0.2, -0.15) is 0 Å². The normalized spacial score (nSPS) is 14.2. The van der Waals surface area contributed by atoms with Gasteiger partial charge in [0.1, 0.15) is 0 Å². The Bertz CT molecular complexity index is 153. The lowest BCUT2D eigenvalue weighted by Crippen LogP contribution is -1.92. The zero-order valence-corrected chi connectivity index (χ0v) is 9.47. The largest absolute Gasteiger partial charge is 0.103 e. The van der Waals surface area contributed by atoms with E-state index in [-0.39, 0.29) is 0 Å². The third kappa shape index (κ3) is 6.62. The first kappa shape index (κ1) is 12.5. The third-order valence-electron chi connectivity index (χ3n) is 2.24. The van der Waals surface area contributed by atoms with Crippen molar-refractivity contribution in [2.75, 3.05) is 0 Å². The van der Waals surface area contributed by atoms with Crippen LogP contribution in [0.1, 0.15) is 52.9 Å². The van der Waals surface area contributed by atoms with Gasteiger partial charge < -0.3 is 0 Å². The topological polar surface area (TPSA) is 0 Å². The summed E-state index contributed by atoms with van der Waals surface area (Å²) >= 11 is 0. The van der Waals surface area contributed by atoms with Crippen LogP contribution in [0.4, 0.5) is 0 Å². The van der Waals surface area contributed by atoms with E-state index in [1.807, 2.05) is 6.08 Å². The number of rotatable bonds is 7. The molecule has 0 aromatic rings. The van der Waals surface area contributed by atoms with Crippen LogP contribution < -0.4 is 0 Å². The second-order valence-electron chi connectivity index (χ2n) is 3.83. The third-order valence-corrected chi connectivity index (χ3v) is 2.24. The van der Waals surface area contributed by atoms with E-state index in [9.17, 15) is 0 Å². The lowest BCUT2D eigenvalue weighted by atomic mass is 9.98. The van der Waals surface area contributed by atoms with E-state index in [1.165, 1.54) is 25.7 Å². The molecule has 0 spiro atoms. The smallest absolute Gasteiger partial charge is 0.0141 e. The molecule has 0 aliphatic heterocycles.